The summed E-state index contributed by atoms with van der Waals surface area (Å²) in [5.41, 5.74) is 5.67. The number of hydrogen-bond donors (Lipinski definition) is 2. The van der Waals surface area contributed by atoms with E-state index in [0.29, 0.717) is 6.04 Å². The molecule has 0 spiro atoms. The van der Waals surface area contributed by atoms with Gasteiger partial charge in [0, 0.05) is 6.04 Å². The van der Waals surface area contributed by atoms with E-state index in [2.05, 4.69) is 11.9 Å². The van der Waals surface area contributed by atoms with Crippen LogP contribution in [0.5, 0.6) is 0 Å². The third-order valence-corrected chi connectivity index (χ3v) is 2.72. The van der Waals surface area contributed by atoms with Crippen LogP contribution in [0.1, 0.15) is 25.7 Å². The molecule has 0 saturated heterocycles. The minimum absolute atomic E-state index is 0.676. The van der Waals surface area contributed by atoms with Crippen molar-refractivity contribution in [1.82, 2.24) is 5.32 Å². The molecule has 3 N–H and O–H groups in total. The molecule has 1 rings (SSSR count). The zero-order chi connectivity index (χ0) is 8.81. The highest BCUT2D eigenvalue weighted by atomic mass is 14.9. The maximum Gasteiger partial charge on any atom is 0.0107 e. The summed E-state index contributed by atoms with van der Waals surface area (Å²) >= 11 is 0. The van der Waals surface area contributed by atoms with Crippen LogP contribution in [0.15, 0.2) is 12.7 Å². The van der Waals surface area contributed by atoms with Crippen LogP contribution in [0.3, 0.4) is 0 Å². The lowest BCUT2D eigenvalue weighted by Gasteiger charge is -2.18. The van der Waals surface area contributed by atoms with Gasteiger partial charge in [-0.05, 0) is 38.3 Å². The Kier molecular flexibility index (Phi) is 4.33. The molecule has 0 aromatic heterocycles. The fourth-order valence-electron chi connectivity index (χ4n) is 1.96. The van der Waals surface area contributed by atoms with Crippen LogP contribution in [0, 0.1) is 5.92 Å². The molecule has 2 heteroatoms. The molecule has 0 heterocycles. The molecular formula is C10H20N2. The first-order chi connectivity index (χ1) is 5.88. The summed E-state index contributed by atoms with van der Waals surface area (Å²) in [6.45, 7) is 5.60. The van der Waals surface area contributed by atoms with Crippen molar-refractivity contribution in [3.8, 4) is 0 Å². The van der Waals surface area contributed by atoms with Crippen molar-refractivity contribution in [2.45, 2.75) is 31.7 Å². The van der Waals surface area contributed by atoms with Gasteiger partial charge in [-0.15, -0.1) is 6.58 Å². The van der Waals surface area contributed by atoms with Gasteiger partial charge in [0.2, 0.25) is 0 Å². The summed E-state index contributed by atoms with van der Waals surface area (Å²) in [7, 11) is 0. The summed E-state index contributed by atoms with van der Waals surface area (Å²) in [5.74, 6) is 0.717. The molecule has 0 radical (unpaired) electrons. The number of rotatable bonds is 5. The van der Waals surface area contributed by atoms with E-state index in [4.69, 9.17) is 5.73 Å². The minimum atomic E-state index is 0.676. The highest BCUT2D eigenvalue weighted by molar-refractivity contribution is 4.84. The Morgan fingerprint density at radius 3 is 3.00 bits per heavy atom. The highest BCUT2D eigenvalue weighted by Gasteiger charge is 2.24. The number of nitrogens with two attached hydrogens (primary N) is 1. The van der Waals surface area contributed by atoms with Gasteiger partial charge in [-0.1, -0.05) is 12.5 Å². The van der Waals surface area contributed by atoms with Crippen LogP contribution in [0.2, 0.25) is 0 Å². The first-order valence-electron chi connectivity index (χ1n) is 4.93. The Morgan fingerprint density at radius 1 is 1.50 bits per heavy atom. The summed E-state index contributed by atoms with van der Waals surface area (Å²) in [5, 5.41) is 3.53. The Bertz CT molecular complexity index is 134. The molecule has 0 bridgehead atoms. The number of hydrogen-bond acceptors (Lipinski definition) is 2. The van der Waals surface area contributed by atoms with Crippen molar-refractivity contribution >= 4 is 0 Å². The lowest BCUT2D eigenvalue weighted by molar-refractivity contribution is 0.411. The van der Waals surface area contributed by atoms with Gasteiger partial charge in [0.05, 0.1) is 0 Å². The van der Waals surface area contributed by atoms with Crippen LogP contribution in [0.25, 0.3) is 0 Å². The SMILES string of the molecule is C=CCCNC1CCCC1CN. The summed E-state index contributed by atoms with van der Waals surface area (Å²) in [6, 6.07) is 0.676. The lowest BCUT2D eigenvalue weighted by Crippen LogP contribution is -2.36. The average molecular weight is 168 g/mol. The third kappa shape index (κ3) is 2.61. The van der Waals surface area contributed by atoms with E-state index in [0.717, 1.165) is 25.4 Å². The number of nitrogens with one attached hydrogen (secondary N) is 1. The standard InChI is InChI=1S/C10H20N2/c1-2-3-7-12-10-6-4-5-9(10)8-11/h2,9-10,12H,1,3-8,11H2. The van der Waals surface area contributed by atoms with Gasteiger partial charge in [0.15, 0.2) is 0 Å². The van der Waals surface area contributed by atoms with Crippen LogP contribution < -0.4 is 11.1 Å². The second-order valence-electron chi connectivity index (χ2n) is 3.56. The molecule has 0 amide bonds. The monoisotopic (exact) mass is 168 g/mol. The summed E-state index contributed by atoms with van der Waals surface area (Å²) in [6.07, 6.45) is 6.97. The summed E-state index contributed by atoms with van der Waals surface area (Å²) in [4.78, 5) is 0. The average Bonchev–Trinajstić information content (AvgIpc) is 2.52. The molecule has 0 aromatic carbocycles. The normalized spacial score (nSPS) is 29.1. The molecule has 0 aromatic rings. The molecule has 1 aliphatic rings. The Morgan fingerprint density at radius 2 is 2.33 bits per heavy atom. The van der Waals surface area contributed by atoms with Crippen LogP contribution in [-0.4, -0.2) is 19.1 Å². The predicted octanol–water partition coefficient (Wildman–Crippen LogP) is 1.28. The molecule has 12 heavy (non-hydrogen) atoms. The molecule has 1 aliphatic carbocycles. The van der Waals surface area contributed by atoms with E-state index in [1.165, 1.54) is 19.3 Å². The third-order valence-electron chi connectivity index (χ3n) is 2.72. The molecule has 2 unspecified atom stereocenters. The zero-order valence-electron chi connectivity index (χ0n) is 7.76. The molecular weight excluding hydrogens is 148 g/mol. The molecule has 2 nitrogen and oxygen atoms in total. The van der Waals surface area contributed by atoms with Crippen molar-refractivity contribution in [1.29, 1.82) is 0 Å². The molecule has 2 atom stereocenters. The lowest BCUT2D eigenvalue weighted by atomic mass is 10.0. The van der Waals surface area contributed by atoms with Gasteiger partial charge < -0.3 is 11.1 Å². The van der Waals surface area contributed by atoms with E-state index in [1.807, 2.05) is 6.08 Å². The van der Waals surface area contributed by atoms with E-state index >= 15 is 0 Å². The quantitative estimate of drug-likeness (QED) is 0.479. The highest BCUT2D eigenvalue weighted by Crippen LogP contribution is 2.24. The second kappa shape index (κ2) is 5.33. The van der Waals surface area contributed by atoms with E-state index in [-0.39, 0.29) is 0 Å². The molecule has 1 saturated carbocycles. The molecule has 0 aliphatic heterocycles. The Hall–Kier alpha value is -0.340. The molecule has 1 fully saturated rings. The molecule has 70 valence electrons. The van der Waals surface area contributed by atoms with E-state index in [9.17, 15) is 0 Å². The predicted molar refractivity (Wildman–Crippen MR) is 53.0 cm³/mol. The van der Waals surface area contributed by atoms with Gasteiger partial charge in [0.25, 0.3) is 0 Å². The Labute approximate surface area is 75.2 Å². The van der Waals surface area contributed by atoms with Crippen molar-refractivity contribution in [2.24, 2.45) is 11.7 Å². The first-order valence-corrected chi connectivity index (χ1v) is 4.93. The van der Waals surface area contributed by atoms with Crippen LogP contribution in [-0.2, 0) is 0 Å². The van der Waals surface area contributed by atoms with Gasteiger partial charge in [-0.2, -0.15) is 0 Å². The van der Waals surface area contributed by atoms with Crippen molar-refractivity contribution in [3.63, 3.8) is 0 Å². The zero-order valence-corrected chi connectivity index (χ0v) is 7.76. The van der Waals surface area contributed by atoms with Crippen molar-refractivity contribution in [3.05, 3.63) is 12.7 Å². The van der Waals surface area contributed by atoms with Crippen molar-refractivity contribution < 1.29 is 0 Å². The van der Waals surface area contributed by atoms with E-state index < -0.39 is 0 Å². The second-order valence-corrected chi connectivity index (χ2v) is 3.56. The Balaban J connectivity index is 2.16. The maximum atomic E-state index is 5.67. The fraction of sp³-hybridized carbons (Fsp3) is 0.800. The van der Waals surface area contributed by atoms with Gasteiger partial charge in [-0.3, -0.25) is 0 Å². The van der Waals surface area contributed by atoms with Gasteiger partial charge in [-0.25, -0.2) is 0 Å². The van der Waals surface area contributed by atoms with E-state index in [1.54, 1.807) is 0 Å². The minimum Gasteiger partial charge on any atom is -0.330 e. The van der Waals surface area contributed by atoms with Crippen LogP contribution in [0.4, 0.5) is 0 Å². The summed E-state index contributed by atoms with van der Waals surface area (Å²) < 4.78 is 0. The van der Waals surface area contributed by atoms with Crippen LogP contribution >= 0.6 is 0 Å². The topological polar surface area (TPSA) is 38.0 Å². The fourth-order valence-corrected chi connectivity index (χ4v) is 1.96. The maximum absolute atomic E-state index is 5.67. The first kappa shape index (κ1) is 9.75. The smallest absolute Gasteiger partial charge is 0.0107 e. The van der Waals surface area contributed by atoms with Gasteiger partial charge >= 0.3 is 0 Å². The van der Waals surface area contributed by atoms with Gasteiger partial charge in [0.1, 0.15) is 0 Å². The largest absolute Gasteiger partial charge is 0.330 e. The van der Waals surface area contributed by atoms with Crippen molar-refractivity contribution in [2.75, 3.05) is 13.1 Å².